The lowest BCUT2D eigenvalue weighted by atomic mass is 10.1. The van der Waals surface area contributed by atoms with Crippen LogP contribution in [0.25, 0.3) is 0 Å². The molecule has 2 heterocycles. The molecule has 4 heteroatoms. The molecule has 1 aliphatic heterocycles. The summed E-state index contributed by atoms with van der Waals surface area (Å²) >= 11 is 0. The van der Waals surface area contributed by atoms with Crippen molar-refractivity contribution < 1.29 is 4.79 Å². The van der Waals surface area contributed by atoms with Crippen molar-refractivity contribution in [1.29, 1.82) is 0 Å². The van der Waals surface area contributed by atoms with Crippen molar-refractivity contribution in [3.63, 3.8) is 0 Å². The fourth-order valence-corrected chi connectivity index (χ4v) is 3.17. The van der Waals surface area contributed by atoms with Crippen LogP contribution in [0.5, 0.6) is 0 Å². The number of aryl methyl sites for hydroxylation is 2. The molecule has 2 aromatic rings. The highest BCUT2D eigenvalue weighted by Gasteiger charge is 2.25. The third-order valence-electron chi connectivity index (χ3n) is 4.47. The molecule has 1 aromatic heterocycles. The summed E-state index contributed by atoms with van der Waals surface area (Å²) in [7, 11) is 0. The lowest BCUT2D eigenvalue weighted by molar-refractivity contribution is -0.118. The maximum atomic E-state index is 12.4. The van der Waals surface area contributed by atoms with Crippen molar-refractivity contribution in [2.45, 2.75) is 33.4 Å². The van der Waals surface area contributed by atoms with Gasteiger partial charge in [-0.05, 0) is 44.5 Å². The Kier molecular flexibility index (Phi) is 4.03. The molecule has 0 fully saturated rings. The summed E-state index contributed by atoms with van der Waals surface area (Å²) in [4.78, 5) is 14.6. The molecule has 0 spiro atoms. The highest BCUT2D eigenvalue weighted by Crippen LogP contribution is 2.25. The molecule has 22 heavy (non-hydrogen) atoms. The molecule has 1 N–H and O–H groups in total. The zero-order chi connectivity index (χ0) is 15.7. The van der Waals surface area contributed by atoms with Gasteiger partial charge in [0.2, 0.25) is 5.91 Å². The van der Waals surface area contributed by atoms with Gasteiger partial charge >= 0.3 is 0 Å². The molecular formula is C18H23N3O. The summed E-state index contributed by atoms with van der Waals surface area (Å²) in [6.07, 6.45) is 2.11. The number of amides is 1. The summed E-state index contributed by atoms with van der Waals surface area (Å²) in [6, 6.07) is 10.6. The number of aromatic nitrogens is 1. The predicted octanol–water partition coefficient (Wildman–Crippen LogP) is 3.12. The van der Waals surface area contributed by atoms with E-state index in [4.69, 9.17) is 0 Å². The van der Waals surface area contributed by atoms with E-state index in [0.29, 0.717) is 6.54 Å². The standard InChI is InChI=1S/C18H23N3O/c1-13-6-7-16(14(2)11-13)19-18(22)12-21-10-9-20-8-4-5-17(20)15(21)3/h4-8,11,15H,9-10,12H2,1-3H3,(H,19,22). The van der Waals surface area contributed by atoms with Crippen LogP contribution in [0.15, 0.2) is 36.5 Å². The van der Waals surface area contributed by atoms with Crippen molar-refractivity contribution in [1.82, 2.24) is 9.47 Å². The SMILES string of the molecule is Cc1ccc(NC(=O)CN2CCn3cccc3C2C)c(C)c1. The third-order valence-corrected chi connectivity index (χ3v) is 4.47. The third kappa shape index (κ3) is 2.92. The molecule has 0 radical (unpaired) electrons. The molecule has 4 nitrogen and oxygen atoms in total. The van der Waals surface area contributed by atoms with Gasteiger partial charge in [-0.3, -0.25) is 9.69 Å². The molecular weight excluding hydrogens is 274 g/mol. The van der Waals surface area contributed by atoms with E-state index < -0.39 is 0 Å². The van der Waals surface area contributed by atoms with E-state index in [0.717, 1.165) is 24.3 Å². The van der Waals surface area contributed by atoms with E-state index in [1.54, 1.807) is 0 Å². The number of carbonyl (C=O) groups is 1. The van der Waals surface area contributed by atoms with Gasteiger partial charge in [-0.25, -0.2) is 0 Å². The first-order valence-corrected chi connectivity index (χ1v) is 7.81. The van der Waals surface area contributed by atoms with Crippen molar-refractivity contribution in [2.24, 2.45) is 0 Å². The number of benzene rings is 1. The van der Waals surface area contributed by atoms with Gasteiger partial charge in [-0.2, -0.15) is 0 Å². The average molecular weight is 297 g/mol. The summed E-state index contributed by atoms with van der Waals surface area (Å²) < 4.78 is 2.27. The molecule has 1 aromatic carbocycles. The fourth-order valence-electron chi connectivity index (χ4n) is 3.17. The number of anilines is 1. The van der Waals surface area contributed by atoms with E-state index in [2.05, 4.69) is 53.0 Å². The van der Waals surface area contributed by atoms with Gasteiger partial charge in [0.25, 0.3) is 0 Å². The first kappa shape index (κ1) is 14.9. The Labute approximate surface area is 131 Å². The van der Waals surface area contributed by atoms with Gasteiger partial charge in [0.05, 0.1) is 6.54 Å². The first-order chi connectivity index (χ1) is 10.5. The van der Waals surface area contributed by atoms with Crippen molar-refractivity contribution >= 4 is 11.6 Å². The highest BCUT2D eigenvalue weighted by molar-refractivity contribution is 5.93. The van der Waals surface area contributed by atoms with E-state index in [1.807, 2.05) is 19.1 Å². The van der Waals surface area contributed by atoms with Crippen LogP contribution < -0.4 is 5.32 Å². The summed E-state index contributed by atoms with van der Waals surface area (Å²) in [6.45, 7) is 8.53. The zero-order valence-corrected chi connectivity index (χ0v) is 13.5. The molecule has 0 saturated heterocycles. The Balaban J connectivity index is 1.65. The maximum absolute atomic E-state index is 12.4. The van der Waals surface area contributed by atoms with Crippen molar-refractivity contribution in [2.75, 3.05) is 18.4 Å². The smallest absolute Gasteiger partial charge is 0.238 e. The Hall–Kier alpha value is -2.07. The van der Waals surface area contributed by atoms with E-state index in [9.17, 15) is 4.79 Å². The molecule has 1 aliphatic rings. The number of nitrogens with one attached hydrogen (secondary N) is 1. The van der Waals surface area contributed by atoms with Gasteiger partial charge in [0, 0.05) is 36.7 Å². The topological polar surface area (TPSA) is 37.3 Å². The Bertz CT molecular complexity index is 689. The second-order valence-electron chi connectivity index (χ2n) is 6.14. The van der Waals surface area contributed by atoms with E-state index in [1.165, 1.54) is 11.3 Å². The summed E-state index contributed by atoms with van der Waals surface area (Å²) in [5.74, 6) is 0.0545. The van der Waals surface area contributed by atoms with E-state index >= 15 is 0 Å². The van der Waals surface area contributed by atoms with Crippen LogP contribution in [-0.4, -0.2) is 28.5 Å². The lowest BCUT2D eigenvalue weighted by Gasteiger charge is -2.34. The van der Waals surface area contributed by atoms with Gasteiger partial charge in [-0.1, -0.05) is 17.7 Å². The molecule has 1 amide bonds. The molecule has 1 unspecified atom stereocenters. The molecule has 0 bridgehead atoms. The number of hydrogen-bond donors (Lipinski definition) is 1. The van der Waals surface area contributed by atoms with Gasteiger partial charge in [0.15, 0.2) is 0 Å². The second kappa shape index (κ2) is 5.97. The predicted molar refractivity (Wildman–Crippen MR) is 89.0 cm³/mol. The number of hydrogen-bond acceptors (Lipinski definition) is 2. The molecule has 116 valence electrons. The Morgan fingerprint density at radius 2 is 2.09 bits per heavy atom. The van der Waals surface area contributed by atoms with Crippen LogP contribution in [0.2, 0.25) is 0 Å². The zero-order valence-electron chi connectivity index (χ0n) is 13.5. The molecule has 1 atom stereocenters. The molecule has 0 aliphatic carbocycles. The minimum Gasteiger partial charge on any atom is -0.349 e. The summed E-state index contributed by atoms with van der Waals surface area (Å²) in [5.41, 5.74) is 4.50. The Morgan fingerprint density at radius 1 is 1.27 bits per heavy atom. The van der Waals surface area contributed by atoms with Crippen LogP contribution >= 0.6 is 0 Å². The lowest BCUT2D eigenvalue weighted by Crippen LogP contribution is -2.41. The second-order valence-corrected chi connectivity index (χ2v) is 6.14. The fraction of sp³-hybridized carbons (Fsp3) is 0.389. The minimum atomic E-state index is 0.0545. The van der Waals surface area contributed by atoms with Crippen LogP contribution in [0, 0.1) is 13.8 Å². The monoisotopic (exact) mass is 297 g/mol. The highest BCUT2D eigenvalue weighted by atomic mass is 16.2. The number of fused-ring (bicyclic) bond motifs is 1. The number of carbonyl (C=O) groups excluding carboxylic acids is 1. The van der Waals surface area contributed by atoms with Crippen LogP contribution in [0.1, 0.15) is 29.8 Å². The van der Waals surface area contributed by atoms with Gasteiger partial charge in [0.1, 0.15) is 0 Å². The van der Waals surface area contributed by atoms with Crippen molar-refractivity contribution in [3.8, 4) is 0 Å². The average Bonchev–Trinajstić information content (AvgIpc) is 2.94. The van der Waals surface area contributed by atoms with Gasteiger partial charge in [-0.15, -0.1) is 0 Å². The normalized spacial score (nSPS) is 18.0. The first-order valence-electron chi connectivity index (χ1n) is 7.81. The molecule has 3 rings (SSSR count). The van der Waals surface area contributed by atoms with Crippen LogP contribution in [0.3, 0.4) is 0 Å². The van der Waals surface area contributed by atoms with Crippen LogP contribution in [0.4, 0.5) is 5.69 Å². The summed E-state index contributed by atoms with van der Waals surface area (Å²) in [5, 5.41) is 3.04. The molecule has 0 saturated carbocycles. The quantitative estimate of drug-likeness (QED) is 0.945. The van der Waals surface area contributed by atoms with Gasteiger partial charge < -0.3 is 9.88 Å². The van der Waals surface area contributed by atoms with E-state index in [-0.39, 0.29) is 11.9 Å². The van der Waals surface area contributed by atoms with Crippen molar-refractivity contribution in [3.05, 3.63) is 53.3 Å². The largest absolute Gasteiger partial charge is 0.349 e. The maximum Gasteiger partial charge on any atom is 0.238 e. The van der Waals surface area contributed by atoms with Crippen LogP contribution in [-0.2, 0) is 11.3 Å². The Morgan fingerprint density at radius 3 is 2.86 bits per heavy atom. The number of nitrogens with zero attached hydrogens (tertiary/aromatic N) is 2. The minimum absolute atomic E-state index is 0.0545. The number of rotatable bonds is 3.